The molecule has 58 valence electrons. The summed E-state index contributed by atoms with van der Waals surface area (Å²) in [5.74, 6) is 0. The quantitative estimate of drug-likeness (QED) is 0.351. The Labute approximate surface area is 76.8 Å². The summed E-state index contributed by atoms with van der Waals surface area (Å²) < 4.78 is 0.651. The Balaban J connectivity index is 3.09. The fourth-order valence-corrected chi connectivity index (χ4v) is 1.20. The molecule has 0 aliphatic heterocycles. The zero-order valence-electron chi connectivity index (χ0n) is 5.33. The van der Waals surface area contributed by atoms with Gasteiger partial charge in [0.1, 0.15) is 9.76 Å². The van der Waals surface area contributed by atoms with Crippen LogP contribution >= 0.6 is 27.5 Å². The zero-order chi connectivity index (χ0) is 8.27. The third-order valence-electron chi connectivity index (χ3n) is 1.04. The first-order valence-corrected chi connectivity index (χ1v) is 3.90. The molecule has 0 spiro atoms. The monoisotopic (exact) mass is 234 g/mol. The number of halogens is 2. The van der Waals surface area contributed by atoms with Gasteiger partial charge in [-0.05, 0) is 28.1 Å². The molecule has 0 bridgehead atoms. The average Bonchev–Trinajstić information content (AvgIpc) is 1.95. The van der Waals surface area contributed by atoms with Gasteiger partial charge in [-0.2, -0.15) is 0 Å². The van der Waals surface area contributed by atoms with Crippen LogP contribution in [0, 0.1) is 0 Å². The van der Waals surface area contributed by atoms with Crippen molar-refractivity contribution in [2.75, 3.05) is 0 Å². The molecule has 3 nitrogen and oxygen atoms in total. The third kappa shape index (κ3) is 2.17. The van der Waals surface area contributed by atoms with Crippen LogP contribution in [0.25, 0.3) is 0 Å². The molecule has 0 aliphatic rings. The highest BCUT2D eigenvalue weighted by molar-refractivity contribution is 9.10. The molecule has 0 atom stereocenters. The lowest BCUT2D eigenvalue weighted by Gasteiger charge is -1.94. The highest BCUT2D eigenvalue weighted by Crippen LogP contribution is 2.14. The summed E-state index contributed by atoms with van der Waals surface area (Å²) >= 11 is 8.81. The van der Waals surface area contributed by atoms with E-state index >= 15 is 0 Å². The fourth-order valence-electron chi connectivity index (χ4n) is 0.581. The molecule has 0 radical (unpaired) electrons. The highest BCUT2D eigenvalue weighted by Gasteiger charge is 1.98. The van der Waals surface area contributed by atoms with Crippen LogP contribution < -0.4 is 0 Å². The number of nitrogens with zero attached hydrogens (tertiary/aromatic N) is 2. The van der Waals surface area contributed by atoms with E-state index in [0.29, 0.717) is 15.3 Å². The average molecular weight is 235 g/mol. The van der Waals surface area contributed by atoms with Crippen molar-refractivity contribution in [2.24, 2.45) is 5.16 Å². The predicted molar refractivity (Wildman–Crippen MR) is 46.3 cm³/mol. The lowest BCUT2D eigenvalue weighted by atomic mass is 10.3. The molecule has 0 fully saturated rings. The van der Waals surface area contributed by atoms with E-state index in [9.17, 15) is 0 Å². The molecule has 5 heteroatoms. The topological polar surface area (TPSA) is 45.5 Å². The maximum Gasteiger partial charge on any atom is 0.139 e. The van der Waals surface area contributed by atoms with Crippen LogP contribution in [0.15, 0.2) is 21.9 Å². The number of pyridine rings is 1. The second-order valence-corrected chi connectivity index (χ2v) is 2.93. The fraction of sp³-hybridized carbons (Fsp3) is 0. The highest BCUT2D eigenvalue weighted by atomic mass is 79.9. The summed E-state index contributed by atoms with van der Waals surface area (Å²) in [6.45, 7) is 0. The van der Waals surface area contributed by atoms with Gasteiger partial charge in [-0.1, -0.05) is 16.8 Å². The molecule has 1 aromatic rings. The van der Waals surface area contributed by atoms with E-state index in [1.807, 2.05) is 0 Å². The van der Waals surface area contributed by atoms with Gasteiger partial charge in [0.05, 0.1) is 6.21 Å². The van der Waals surface area contributed by atoms with E-state index in [-0.39, 0.29) is 0 Å². The van der Waals surface area contributed by atoms with Crippen molar-refractivity contribution in [3.8, 4) is 0 Å². The maximum atomic E-state index is 8.18. The minimum absolute atomic E-state index is 0.303. The molecular weight excluding hydrogens is 231 g/mol. The zero-order valence-corrected chi connectivity index (χ0v) is 7.67. The molecule has 0 amide bonds. The normalized spacial score (nSPS) is 10.7. The molecule has 11 heavy (non-hydrogen) atoms. The van der Waals surface area contributed by atoms with E-state index in [1.54, 1.807) is 12.1 Å². The van der Waals surface area contributed by atoms with Crippen molar-refractivity contribution in [3.05, 3.63) is 27.5 Å². The minimum Gasteiger partial charge on any atom is -0.411 e. The van der Waals surface area contributed by atoms with E-state index in [4.69, 9.17) is 16.8 Å². The summed E-state index contributed by atoms with van der Waals surface area (Å²) in [5, 5.41) is 11.3. The van der Waals surface area contributed by atoms with Gasteiger partial charge in [0, 0.05) is 5.56 Å². The van der Waals surface area contributed by atoms with Crippen LogP contribution in [-0.2, 0) is 0 Å². The number of aromatic nitrogens is 1. The first-order chi connectivity index (χ1) is 5.24. The van der Waals surface area contributed by atoms with Gasteiger partial charge in [0.2, 0.25) is 0 Å². The van der Waals surface area contributed by atoms with Gasteiger partial charge < -0.3 is 5.21 Å². The van der Waals surface area contributed by atoms with Crippen LogP contribution in [0.3, 0.4) is 0 Å². The van der Waals surface area contributed by atoms with Crippen LogP contribution in [0.4, 0.5) is 0 Å². The molecule has 0 aliphatic carbocycles. The minimum atomic E-state index is 0.303. The van der Waals surface area contributed by atoms with E-state index in [0.717, 1.165) is 0 Å². The standard InChI is InChI=1S/C6H4BrClN2O/c7-5-2-1-4(3-9-11)6(8)10-5/h1-3,11H/b9-3+. The van der Waals surface area contributed by atoms with Crippen molar-refractivity contribution in [3.63, 3.8) is 0 Å². The SMILES string of the molecule is O/N=C/c1ccc(Br)nc1Cl. The molecule has 0 saturated heterocycles. The van der Waals surface area contributed by atoms with Crippen molar-refractivity contribution in [1.29, 1.82) is 0 Å². The molecule has 0 aromatic carbocycles. The molecule has 1 heterocycles. The summed E-state index contributed by atoms with van der Waals surface area (Å²) in [4.78, 5) is 3.87. The summed E-state index contributed by atoms with van der Waals surface area (Å²) in [6.07, 6.45) is 1.22. The lowest BCUT2D eigenvalue weighted by Crippen LogP contribution is -1.86. The number of hydrogen-bond donors (Lipinski definition) is 1. The van der Waals surface area contributed by atoms with E-state index < -0.39 is 0 Å². The Morgan fingerprint density at radius 2 is 2.36 bits per heavy atom. The molecule has 1 N–H and O–H groups in total. The first-order valence-electron chi connectivity index (χ1n) is 2.73. The van der Waals surface area contributed by atoms with Gasteiger partial charge in [0.15, 0.2) is 0 Å². The molecule has 1 rings (SSSR count). The van der Waals surface area contributed by atoms with Crippen LogP contribution in [0.1, 0.15) is 5.56 Å². The molecular formula is C6H4BrClN2O. The van der Waals surface area contributed by atoms with E-state index in [2.05, 4.69) is 26.1 Å². The van der Waals surface area contributed by atoms with Crippen molar-refractivity contribution in [1.82, 2.24) is 4.98 Å². The number of oxime groups is 1. The predicted octanol–water partition coefficient (Wildman–Crippen LogP) is 2.31. The second kappa shape index (κ2) is 3.69. The smallest absolute Gasteiger partial charge is 0.139 e. The van der Waals surface area contributed by atoms with Gasteiger partial charge in [0.25, 0.3) is 0 Å². The third-order valence-corrected chi connectivity index (χ3v) is 1.78. The van der Waals surface area contributed by atoms with Crippen LogP contribution in [-0.4, -0.2) is 16.4 Å². The first kappa shape index (κ1) is 8.49. The summed E-state index contributed by atoms with van der Waals surface area (Å²) in [7, 11) is 0. The largest absolute Gasteiger partial charge is 0.411 e. The maximum absolute atomic E-state index is 8.18. The number of hydrogen-bond acceptors (Lipinski definition) is 3. The number of rotatable bonds is 1. The van der Waals surface area contributed by atoms with Crippen molar-refractivity contribution >= 4 is 33.7 Å². The lowest BCUT2D eigenvalue weighted by molar-refractivity contribution is 0.322. The van der Waals surface area contributed by atoms with Crippen molar-refractivity contribution in [2.45, 2.75) is 0 Å². The second-order valence-electron chi connectivity index (χ2n) is 1.76. The van der Waals surface area contributed by atoms with Crippen molar-refractivity contribution < 1.29 is 5.21 Å². The molecule has 0 saturated carbocycles. The Morgan fingerprint density at radius 1 is 1.64 bits per heavy atom. The Kier molecular flexibility index (Phi) is 2.84. The molecule has 0 unspecified atom stereocenters. The molecule has 1 aromatic heterocycles. The van der Waals surface area contributed by atoms with Gasteiger partial charge in [-0.3, -0.25) is 0 Å². The Bertz CT molecular complexity index is 290. The van der Waals surface area contributed by atoms with E-state index in [1.165, 1.54) is 6.21 Å². The van der Waals surface area contributed by atoms with Crippen LogP contribution in [0.2, 0.25) is 5.15 Å². The van der Waals surface area contributed by atoms with Gasteiger partial charge >= 0.3 is 0 Å². The summed E-state index contributed by atoms with van der Waals surface area (Å²) in [5.41, 5.74) is 0.581. The summed E-state index contributed by atoms with van der Waals surface area (Å²) in [6, 6.07) is 3.40. The van der Waals surface area contributed by atoms with Gasteiger partial charge in [-0.15, -0.1) is 0 Å². The van der Waals surface area contributed by atoms with Crippen LogP contribution in [0.5, 0.6) is 0 Å². The van der Waals surface area contributed by atoms with Gasteiger partial charge in [-0.25, -0.2) is 4.98 Å². The Morgan fingerprint density at radius 3 is 2.91 bits per heavy atom. The Hall–Kier alpha value is -0.610.